The third kappa shape index (κ3) is 3.61. The molecule has 29 heavy (non-hydrogen) atoms. The second-order valence-corrected chi connectivity index (χ2v) is 7.63. The second-order valence-electron chi connectivity index (χ2n) is 6.81. The Morgan fingerprint density at radius 3 is 2.69 bits per heavy atom. The van der Waals surface area contributed by atoms with Gasteiger partial charge in [0.2, 0.25) is 0 Å². The fourth-order valence-corrected chi connectivity index (χ4v) is 3.52. The summed E-state index contributed by atoms with van der Waals surface area (Å²) in [5.41, 5.74) is 3.47. The summed E-state index contributed by atoms with van der Waals surface area (Å²) in [6, 6.07) is 12.2. The highest BCUT2D eigenvalue weighted by Crippen LogP contribution is 2.29. The number of halogens is 2. The molecule has 0 spiro atoms. The van der Waals surface area contributed by atoms with E-state index >= 15 is 0 Å². The van der Waals surface area contributed by atoms with Crippen LogP contribution in [0.1, 0.15) is 27.2 Å². The van der Waals surface area contributed by atoms with Crippen molar-refractivity contribution >= 4 is 40.9 Å². The smallest absolute Gasteiger partial charge is 0.339 e. The molecule has 1 aromatic heterocycles. The van der Waals surface area contributed by atoms with Crippen LogP contribution in [-0.2, 0) is 16.0 Å². The number of esters is 1. The van der Waals surface area contributed by atoms with Gasteiger partial charge in [-0.3, -0.25) is 4.79 Å². The second kappa shape index (κ2) is 7.54. The van der Waals surface area contributed by atoms with Gasteiger partial charge >= 0.3 is 5.97 Å². The molecule has 1 atom stereocenters. The number of nitrogens with zero attached hydrogens (tertiary/aromatic N) is 2. The average Bonchev–Trinajstić information content (AvgIpc) is 2.98. The number of ether oxygens (including phenoxy) is 1. The van der Waals surface area contributed by atoms with Crippen molar-refractivity contribution in [1.29, 1.82) is 0 Å². The van der Waals surface area contributed by atoms with E-state index in [0.717, 1.165) is 16.8 Å². The zero-order valence-electron chi connectivity index (χ0n) is 15.7. The number of amides is 1. The van der Waals surface area contributed by atoms with Crippen molar-refractivity contribution in [2.24, 2.45) is 0 Å². The Balaban J connectivity index is 1.64. The maximum atomic E-state index is 12.9. The monoisotopic (exact) mass is 429 g/mol. The van der Waals surface area contributed by atoms with Crippen LogP contribution in [0.2, 0.25) is 10.0 Å². The maximum Gasteiger partial charge on any atom is 0.339 e. The van der Waals surface area contributed by atoms with Gasteiger partial charge in [-0.25, -0.2) is 9.48 Å². The van der Waals surface area contributed by atoms with Gasteiger partial charge < -0.3 is 10.1 Å². The van der Waals surface area contributed by atoms with Crippen molar-refractivity contribution in [1.82, 2.24) is 9.78 Å². The van der Waals surface area contributed by atoms with E-state index < -0.39 is 18.0 Å². The molecule has 0 radical (unpaired) electrons. The van der Waals surface area contributed by atoms with Crippen LogP contribution < -0.4 is 5.32 Å². The van der Waals surface area contributed by atoms with E-state index in [0.29, 0.717) is 33.5 Å². The molecule has 8 heteroatoms. The molecule has 1 aliphatic heterocycles. The summed E-state index contributed by atoms with van der Waals surface area (Å²) < 4.78 is 6.94. The van der Waals surface area contributed by atoms with Crippen molar-refractivity contribution in [3.8, 4) is 5.69 Å². The number of rotatable bonds is 3. The topological polar surface area (TPSA) is 73.2 Å². The van der Waals surface area contributed by atoms with Crippen molar-refractivity contribution in [2.75, 3.05) is 5.32 Å². The third-order valence-electron chi connectivity index (χ3n) is 4.93. The van der Waals surface area contributed by atoms with E-state index in [-0.39, 0.29) is 0 Å². The number of carbonyl (C=O) groups excluding carboxylic acids is 2. The van der Waals surface area contributed by atoms with Gasteiger partial charge in [-0.05, 0) is 43.7 Å². The van der Waals surface area contributed by atoms with E-state index in [1.807, 2.05) is 26.0 Å². The lowest BCUT2D eigenvalue weighted by atomic mass is 9.98. The predicted octanol–water partition coefficient (Wildman–Crippen LogP) is 4.52. The molecule has 6 nitrogen and oxygen atoms in total. The minimum absolute atomic E-state index is 0.312. The molecular weight excluding hydrogens is 413 g/mol. The van der Waals surface area contributed by atoms with E-state index in [1.54, 1.807) is 35.0 Å². The van der Waals surface area contributed by atoms with Crippen molar-refractivity contribution in [3.05, 3.63) is 74.9 Å². The van der Waals surface area contributed by atoms with E-state index in [9.17, 15) is 9.59 Å². The summed E-state index contributed by atoms with van der Waals surface area (Å²) in [5.74, 6) is -0.434. The lowest BCUT2D eigenvalue weighted by Crippen LogP contribution is -2.38. The van der Waals surface area contributed by atoms with Crippen molar-refractivity contribution in [3.63, 3.8) is 0 Å². The Labute approximate surface area is 177 Å². The number of anilines is 1. The van der Waals surface area contributed by atoms with Gasteiger partial charge in [0.15, 0.2) is 6.10 Å². The molecule has 148 valence electrons. The van der Waals surface area contributed by atoms with Gasteiger partial charge in [-0.1, -0.05) is 41.4 Å². The molecule has 0 saturated carbocycles. The predicted molar refractivity (Wildman–Crippen MR) is 111 cm³/mol. The van der Waals surface area contributed by atoms with Gasteiger partial charge in [0.05, 0.1) is 27.0 Å². The number of aromatic nitrogens is 2. The first-order valence-corrected chi connectivity index (χ1v) is 9.72. The zero-order chi connectivity index (χ0) is 20.7. The van der Waals surface area contributed by atoms with Crippen LogP contribution in [0.3, 0.4) is 0 Å². The first-order chi connectivity index (χ1) is 13.8. The molecule has 0 saturated heterocycles. The fourth-order valence-electron chi connectivity index (χ4n) is 3.23. The fraction of sp³-hybridized carbons (Fsp3) is 0.190. The summed E-state index contributed by atoms with van der Waals surface area (Å²) in [6.07, 6.45) is -0.610. The molecule has 2 aromatic carbocycles. The van der Waals surface area contributed by atoms with Crippen LogP contribution >= 0.6 is 23.2 Å². The summed E-state index contributed by atoms with van der Waals surface area (Å²) in [5, 5.41) is 8.16. The van der Waals surface area contributed by atoms with Gasteiger partial charge in [0, 0.05) is 12.0 Å². The molecule has 1 amide bonds. The Bertz CT molecular complexity index is 1140. The lowest BCUT2D eigenvalue weighted by Gasteiger charge is -2.24. The zero-order valence-corrected chi connectivity index (χ0v) is 17.2. The number of hydrogen-bond acceptors (Lipinski definition) is 4. The quantitative estimate of drug-likeness (QED) is 0.621. The largest absolute Gasteiger partial charge is 0.448 e. The minimum atomic E-state index is -0.922. The van der Waals surface area contributed by atoms with Gasteiger partial charge in [0.1, 0.15) is 5.82 Å². The summed E-state index contributed by atoms with van der Waals surface area (Å²) in [4.78, 5) is 25.1. The third-order valence-corrected chi connectivity index (χ3v) is 5.67. The normalized spacial score (nSPS) is 15.6. The van der Waals surface area contributed by atoms with E-state index in [2.05, 4.69) is 10.4 Å². The molecule has 0 bridgehead atoms. The average molecular weight is 430 g/mol. The highest BCUT2D eigenvalue weighted by Gasteiger charge is 2.32. The van der Waals surface area contributed by atoms with Crippen LogP contribution in [0.4, 0.5) is 5.82 Å². The number of fused-ring (bicyclic) bond motifs is 1. The number of cyclic esters (lactones) is 1. The standard InChI is InChI=1S/C21H17Cl2N3O3/c1-11-12(2)25-26(14-7-8-16(22)17(23)10-14)19(11)24-20(27)18-9-13-5-3-4-6-15(13)21(28)29-18/h3-8,10,18H,9H2,1-2H3,(H,24,27)/t18-/m1/s1. The van der Waals surface area contributed by atoms with Crippen molar-refractivity contribution < 1.29 is 14.3 Å². The Hall–Kier alpha value is -2.83. The maximum absolute atomic E-state index is 12.9. The molecule has 1 aliphatic rings. The Kier molecular flexibility index (Phi) is 5.06. The first-order valence-electron chi connectivity index (χ1n) is 8.96. The molecular formula is C21H17Cl2N3O3. The number of nitrogens with one attached hydrogen (secondary N) is 1. The van der Waals surface area contributed by atoms with Crippen LogP contribution in [0.5, 0.6) is 0 Å². The van der Waals surface area contributed by atoms with Crippen LogP contribution in [0, 0.1) is 13.8 Å². The summed E-state index contributed by atoms with van der Waals surface area (Å²) in [7, 11) is 0. The van der Waals surface area contributed by atoms with Crippen LogP contribution in [0.15, 0.2) is 42.5 Å². The molecule has 4 rings (SSSR count). The molecule has 0 fully saturated rings. The van der Waals surface area contributed by atoms with Crippen LogP contribution in [-0.4, -0.2) is 27.8 Å². The minimum Gasteiger partial charge on any atom is -0.448 e. The number of carbonyl (C=O) groups is 2. The summed E-state index contributed by atoms with van der Waals surface area (Å²) in [6.45, 7) is 3.70. The number of benzene rings is 2. The van der Waals surface area contributed by atoms with Gasteiger partial charge in [-0.15, -0.1) is 0 Å². The summed E-state index contributed by atoms with van der Waals surface area (Å²) >= 11 is 12.1. The van der Waals surface area contributed by atoms with Gasteiger partial charge in [-0.2, -0.15) is 5.10 Å². The number of hydrogen-bond donors (Lipinski definition) is 1. The first kappa shape index (κ1) is 19.5. The lowest BCUT2D eigenvalue weighted by molar-refractivity contribution is -0.125. The molecule has 2 heterocycles. The Morgan fingerprint density at radius 1 is 1.17 bits per heavy atom. The van der Waals surface area contributed by atoms with Crippen LogP contribution in [0.25, 0.3) is 5.69 Å². The van der Waals surface area contributed by atoms with E-state index in [1.165, 1.54) is 0 Å². The van der Waals surface area contributed by atoms with Crippen molar-refractivity contribution in [2.45, 2.75) is 26.4 Å². The SMILES string of the molecule is Cc1nn(-c2ccc(Cl)c(Cl)c2)c(NC(=O)[C@H]2Cc3ccccc3C(=O)O2)c1C. The molecule has 3 aromatic rings. The highest BCUT2D eigenvalue weighted by atomic mass is 35.5. The molecule has 0 aliphatic carbocycles. The van der Waals surface area contributed by atoms with Gasteiger partial charge in [0.25, 0.3) is 5.91 Å². The van der Waals surface area contributed by atoms with E-state index in [4.69, 9.17) is 27.9 Å². The molecule has 1 N–H and O–H groups in total. The number of aryl methyl sites for hydroxylation is 1. The molecule has 0 unspecified atom stereocenters. The Morgan fingerprint density at radius 2 is 1.93 bits per heavy atom. The highest BCUT2D eigenvalue weighted by molar-refractivity contribution is 6.42.